The van der Waals surface area contributed by atoms with Crippen LogP contribution in [0.3, 0.4) is 0 Å². The lowest BCUT2D eigenvalue weighted by Crippen LogP contribution is -2.14. The van der Waals surface area contributed by atoms with E-state index < -0.39 is 5.82 Å². The second kappa shape index (κ2) is 5.92. The Morgan fingerprint density at radius 3 is 2.65 bits per heavy atom. The lowest BCUT2D eigenvalue weighted by molar-refractivity contribution is 0.318. The van der Waals surface area contributed by atoms with E-state index in [-0.39, 0.29) is 5.84 Å². The quantitative estimate of drug-likeness (QED) is 0.389. The van der Waals surface area contributed by atoms with Gasteiger partial charge in [0.05, 0.1) is 12.7 Å². The Hall–Kier alpha value is -2.76. The molecule has 0 aliphatic heterocycles. The normalized spacial score (nSPS) is 11.2. The molecule has 2 aromatic carbocycles. The molecule has 0 radical (unpaired) electrons. The third-order valence-corrected chi connectivity index (χ3v) is 2.60. The van der Waals surface area contributed by atoms with Crippen molar-refractivity contribution in [3.8, 4) is 17.2 Å². The van der Waals surface area contributed by atoms with Crippen LogP contribution in [-0.4, -0.2) is 18.2 Å². The molecule has 3 N–H and O–H groups in total. The topological polar surface area (TPSA) is 77.1 Å². The molecule has 5 nitrogen and oxygen atoms in total. The van der Waals surface area contributed by atoms with Gasteiger partial charge < -0.3 is 20.4 Å². The predicted octanol–water partition coefficient (Wildman–Crippen LogP) is 2.72. The molecule has 0 saturated carbocycles. The van der Waals surface area contributed by atoms with Crippen molar-refractivity contribution in [1.29, 1.82) is 0 Å². The first-order valence-electron chi connectivity index (χ1n) is 5.73. The van der Waals surface area contributed by atoms with E-state index in [4.69, 9.17) is 20.4 Å². The number of rotatable bonds is 4. The zero-order chi connectivity index (χ0) is 14.5. The van der Waals surface area contributed by atoms with E-state index in [1.165, 1.54) is 25.3 Å². The van der Waals surface area contributed by atoms with Gasteiger partial charge in [-0.3, -0.25) is 0 Å². The highest BCUT2D eigenvalue weighted by Gasteiger charge is 2.11. The molecule has 0 spiro atoms. The van der Waals surface area contributed by atoms with Crippen molar-refractivity contribution in [3.05, 3.63) is 53.8 Å². The van der Waals surface area contributed by atoms with Gasteiger partial charge in [0, 0.05) is 12.1 Å². The smallest absolute Gasteiger partial charge is 0.173 e. The van der Waals surface area contributed by atoms with Gasteiger partial charge in [0.2, 0.25) is 0 Å². The predicted molar refractivity (Wildman–Crippen MR) is 72.0 cm³/mol. The molecule has 0 aliphatic carbocycles. The maximum atomic E-state index is 13.1. The summed E-state index contributed by atoms with van der Waals surface area (Å²) < 4.78 is 23.8. The zero-order valence-electron chi connectivity index (χ0n) is 10.7. The number of methoxy groups -OCH3 is 1. The van der Waals surface area contributed by atoms with Gasteiger partial charge in [0.25, 0.3) is 0 Å². The molecule has 20 heavy (non-hydrogen) atoms. The minimum atomic E-state index is -0.421. The van der Waals surface area contributed by atoms with Crippen LogP contribution in [0.5, 0.6) is 17.2 Å². The highest BCUT2D eigenvalue weighted by Crippen LogP contribution is 2.29. The maximum Gasteiger partial charge on any atom is 0.173 e. The molecule has 2 aromatic rings. The fraction of sp³-hybridized carbons (Fsp3) is 0.0714. The largest absolute Gasteiger partial charge is 0.497 e. The molecule has 6 heteroatoms. The van der Waals surface area contributed by atoms with Crippen LogP contribution in [0.2, 0.25) is 0 Å². The van der Waals surface area contributed by atoms with E-state index >= 15 is 0 Å². The maximum absolute atomic E-state index is 13.1. The Kier molecular flexibility index (Phi) is 4.05. The van der Waals surface area contributed by atoms with Gasteiger partial charge >= 0.3 is 0 Å². The Balaban J connectivity index is 2.42. The fourth-order valence-corrected chi connectivity index (χ4v) is 1.64. The van der Waals surface area contributed by atoms with Gasteiger partial charge in [-0.25, -0.2) is 4.39 Å². The number of amidine groups is 1. The SMILES string of the molecule is COc1ccc(/C(N)=N/O)c(Oc2cccc(F)c2)c1. The van der Waals surface area contributed by atoms with Crippen molar-refractivity contribution in [2.24, 2.45) is 10.9 Å². The molecule has 0 unspecified atom stereocenters. The average molecular weight is 276 g/mol. The van der Waals surface area contributed by atoms with E-state index in [1.807, 2.05) is 0 Å². The molecular weight excluding hydrogens is 263 g/mol. The highest BCUT2D eigenvalue weighted by molar-refractivity contribution is 5.99. The van der Waals surface area contributed by atoms with Crippen LogP contribution in [-0.2, 0) is 0 Å². The van der Waals surface area contributed by atoms with Crippen LogP contribution in [0.15, 0.2) is 47.6 Å². The number of halogens is 1. The number of hydrogen-bond acceptors (Lipinski definition) is 4. The van der Waals surface area contributed by atoms with E-state index in [0.29, 0.717) is 22.8 Å². The molecule has 2 rings (SSSR count). The monoisotopic (exact) mass is 276 g/mol. The third-order valence-electron chi connectivity index (χ3n) is 2.60. The summed E-state index contributed by atoms with van der Waals surface area (Å²) in [5.74, 6) is 0.594. The second-order valence-electron chi connectivity index (χ2n) is 3.91. The number of benzene rings is 2. The third kappa shape index (κ3) is 2.97. The van der Waals surface area contributed by atoms with Crippen molar-refractivity contribution >= 4 is 5.84 Å². The minimum Gasteiger partial charge on any atom is -0.497 e. The van der Waals surface area contributed by atoms with Crippen LogP contribution in [0.4, 0.5) is 4.39 Å². The summed E-state index contributed by atoms with van der Waals surface area (Å²) in [5, 5.41) is 11.7. The summed E-state index contributed by atoms with van der Waals surface area (Å²) in [6, 6.07) is 10.5. The minimum absolute atomic E-state index is 0.112. The van der Waals surface area contributed by atoms with Gasteiger partial charge in [-0.05, 0) is 24.3 Å². The summed E-state index contributed by atoms with van der Waals surface area (Å²) in [6.45, 7) is 0. The lowest BCUT2D eigenvalue weighted by Gasteiger charge is -2.12. The van der Waals surface area contributed by atoms with E-state index in [0.717, 1.165) is 0 Å². The lowest BCUT2D eigenvalue weighted by atomic mass is 10.1. The first-order valence-corrected chi connectivity index (χ1v) is 5.73. The Morgan fingerprint density at radius 2 is 2.00 bits per heavy atom. The van der Waals surface area contributed by atoms with Crippen LogP contribution < -0.4 is 15.2 Å². The molecule has 0 saturated heterocycles. The standard InChI is InChI=1S/C14H13FN2O3/c1-19-10-5-6-12(14(16)17-18)13(8-10)20-11-4-2-3-9(15)7-11/h2-8,18H,1H3,(H2,16,17). The average Bonchev–Trinajstić information content (AvgIpc) is 2.46. The van der Waals surface area contributed by atoms with Crippen LogP contribution in [0, 0.1) is 5.82 Å². The van der Waals surface area contributed by atoms with Crippen molar-refractivity contribution in [3.63, 3.8) is 0 Å². The van der Waals surface area contributed by atoms with Gasteiger partial charge in [-0.2, -0.15) is 0 Å². The Morgan fingerprint density at radius 1 is 1.20 bits per heavy atom. The highest BCUT2D eigenvalue weighted by atomic mass is 19.1. The molecule has 0 aliphatic rings. The zero-order valence-corrected chi connectivity index (χ0v) is 10.7. The van der Waals surface area contributed by atoms with Crippen LogP contribution in [0.1, 0.15) is 5.56 Å². The van der Waals surface area contributed by atoms with Crippen LogP contribution in [0.25, 0.3) is 0 Å². The van der Waals surface area contributed by atoms with Crippen molar-refractivity contribution in [1.82, 2.24) is 0 Å². The van der Waals surface area contributed by atoms with Gasteiger partial charge in [0.15, 0.2) is 5.84 Å². The summed E-state index contributed by atoms with van der Waals surface area (Å²) in [4.78, 5) is 0. The summed E-state index contributed by atoms with van der Waals surface area (Å²) in [5.41, 5.74) is 5.95. The van der Waals surface area contributed by atoms with Crippen molar-refractivity contribution < 1.29 is 19.1 Å². The Bertz CT molecular complexity index is 644. The number of ether oxygens (including phenoxy) is 2. The van der Waals surface area contributed by atoms with Gasteiger partial charge in [-0.15, -0.1) is 0 Å². The first-order chi connectivity index (χ1) is 9.63. The molecular formula is C14H13FN2O3. The molecule has 0 atom stereocenters. The number of oxime groups is 1. The fourth-order valence-electron chi connectivity index (χ4n) is 1.64. The summed E-state index contributed by atoms with van der Waals surface area (Å²) in [7, 11) is 1.50. The summed E-state index contributed by atoms with van der Waals surface area (Å²) in [6.07, 6.45) is 0. The number of hydrogen-bond donors (Lipinski definition) is 2. The van der Waals surface area contributed by atoms with Crippen LogP contribution >= 0.6 is 0 Å². The molecule has 0 amide bonds. The van der Waals surface area contributed by atoms with Crippen molar-refractivity contribution in [2.45, 2.75) is 0 Å². The molecule has 0 bridgehead atoms. The number of nitrogens with zero attached hydrogens (tertiary/aromatic N) is 1. The number of nitrogens with two attached hydrogens (primary N) is 1. The van der Waals surface area contributed by atoms with E-state index in [2.05, 4.69) is 5.16 Å². The molecule has 0 fully saturated rings. The van der Waals surface area contributed by atoms with Gasteiger partial charge in [-0.1, -0.05) is 11.2 Å². The Labute approximate surface area is 115 Å². The van der Waals surface area contributed by atoms with Gasteiger partial charge in [0.1, 0.15) is 23.1 Å². The van der Waals surface area contributed by atoms with E-state index in [1.54, 1.807) is 24.3 Å². The first kappa shape index (κ1) is 13.7. The van der Waals surface area contributed by atoms with Crippen molar-refractivity contribution in [2.75, 3.05) is 7.11 Å². The molecule has 104 valence electrons. The summed E-state index contributed by atoms with van der Waals surface area (Å²) >= 11 is 0. The second-order valence-corrected chi connectivity index (χ2v) is 3.91. The molecule has 0 aromatic heterocycles. The van der Waals surface area contributed by atoms with E-state index in [9.17, 15) is 4.39 Å². The molecule has 0 heterocycles.